The van der Waals surface area contributed by atoms with Crippen LogP contribution in [0.25, 0.3) is 5.69 Å². The van der Waals surface area contributed by atoms with Gasteiger partial charge < -0.3 is 24.1 Å². The Bertz CT molecular complexity index is 1190. The Hall–Kier alpha value is -3.41. The molecule has 2 amide bonds. The highest BCUT2D eigenvalue weighted by Crippen LogP contribution is 2.27. The highest BCUT2D eigenvalue weighted by atomic mass is 19.1. The molecule has 0 spiro atoms. The van der Waals surface area contributed by atoms with E-state index in [0.29, 0.717) is 32.4 Å². The van der Waals surface area contributed by atoms with Crippen molar-refractivity contribution in [2.45, 2.75) is 71.9 Å². The van der Waals surface area contributed by atoms with E-state index in [1.54, 1.807) is 32.8 Å². The van der Waals surface area contributed by atoms with Gasteiger partial charge in [-0.1, -0.05) is 25.1 Å². The molecule has 1 aliphatic heterocycles. The predicted octanol–water partition coefficient (Wildman–Crippen LogP) is 4.44. The molecule has 0 radical (unpaired) electrons. The minimum atomic E-state index is -0.833. The predicted molar refractivity (Wildman–Crippen MR) is 148 cm³/mol. The molecule has 3 rings (SSSR count). The van der Waals surface area contributed by atoms with E-state index in [0.717, 1.165) is 23.1 Å². The maximum atomic E-state index is 14.8. The van der Waals surface area contributed by atoms with Crippen molar-refractivity contribution < 1.29 is 32.6 Å². The fourth-order valence-corrected chi connectivity index (χ4v) is 4.94. The average Bonchev–Trinajstić information content (AvgIpc) is 3.31. The third-order valence-electron chi connectivity index (χ3n) is 6.70. The molecule has 0 bridgehead atoms. The molecular formula is C29H41F2N5O5. The van der Waals surface area contributed by atoms with E-state index in [1.807, 2.05) is 13.8 Å². The summed E-state index contributed by atoms with van der Waals surface area (Å²) in [6.07, 6.45) is 2.06. The Balaban J connectivity index is 2.02. The number of aromatic nitrogens is 3. The molecule has 1 saturated heterocycles. The Morgan fingerprint density at radius 2 is 1.85 bits per heavy atom. The summed E-state index contributed by atoms with van der Waals surface area (Å²) in [6.45, 7) is 10.3. The van der Waals surface area contributed by atoms with Gasteiger partial charge in [-0.15, -0.1) is 5.10 Å². The summed E-state index contributed by atoms with van der Waals surface area (Å²) >= 11 is 0. The monoisotopic (exact) mass is 577 g/mol. The number of amides is 2. The largest absolute Gasteiger partial charge is 0.444 e. The van der Waals surface area contributed by atoms with Gasteiger partial charge in [0, 0.05) is 39.3 Å². The van der Waals surface area contributed by atoms with E-state index in [9.17, 15) is 23.2 Å². The van der Waals surface area contributed by atoms with Crippen molar-refractivity contribution in [3.8, 4) is 5.69 Å². The van der Waals surface area contributed by atoms with E-state index in [4.69, 9.17) is 9.47 Å². The molecular weight excluding hydrogens is 536 g/mol. The number of carbonyl (C=O) groups excluding carboxylic acids is 3. The lowest BCUT2D eigenvalue weighted by Gasteiger charge is -2.42. The lowest BCUT2D eigenvalue weighted by molar-refractivity contribution is -0.113. The summed E-state index contributed by atoms with van der Waals surface area (Å²) in [5, 5.41) is 8.14. The minimum Gasteiger partial charge on any atom is -0.444 e. The summed E-state index contributed by atoms with van der Waals surface area (Å²) < 4.78 is 41.3. The van der Waals surface area contributed by atoms with Gasteiger partial charge in [0.1, 0.15) is 17.6 Å². The molecule has 1 aromatic carbocycles. The number of carbonyl (C=O) groups is 3. The zero-order valence-corrected chi connectivity index (χ0v) is 24.7. The van der Waals surface area contributed by atoms with E-state index in [-0.39, 0.29) is 36.8 Å². The van der Waals surface area contributed by atoms with Crippen LogP contribution in [0.3, 0.4) is 0 Å². The number of ether oxygens (including phenoxy) is 2. The number of hydrogen-bond donors (Lipinski definition) is 0. The molecule has 10 nitrogen and oxygen atoms in total. The second kappa shape index (κ2) is 14.0. The van der Waals surface area contributed by atoms with Crippen LogP contribution in [0.2, 0.25) is 0 Å². The molecule has 0 saturated carbocycles. The lowest BCUT2D eigenvalue weighted by Crippen LogP contribution is -2.56. The highest BCUT2D eigenvalue weighted by molar-refractivity contribution is 5.94. The summed E-state index contributed by atoms with van der Waals surface area (Å²) in [5.41, 5.74) is -0.892. The summed E-state index contributed by atoms with van der Waals surface area (Å²) in [5.74, 6) is -2.61. The van der Waals surface area contributed by atoms with Crippen LogP contribution >= 0.6 is 0 Å². The Morgan fingerprint density at radius 1 is 1.17 bits per heavy atom. The van der Waals surface area contributed by atoms with Gasteiger partial charge in [-0.25, -0.2) is 18.3 Å². The highest BCUT2D eigenvalue weighted by Gasteiger charge is 2.38. The number of para-hydroxylation sites is 1. The van der Waals surface area contributed by atoms with Crippen LogP contribution in [-0.4, -0.2) is 88.1 Å². The molecule has 1 fully saturated rings. The van der Waals surface area contributed by atoms with Crippen molar-refractivity contribution in [2.75, 3.05) is 33.4 Å². The van der Waals surface area contributed by atoms with Gasteiger partial charge in [-0.2, -0.15) is 0 Å². The van der Waals surface area contributed by atoms with E-state index < -0.39 is 46.9 Å². The van der Waals surface area contributed by atoms with Crippen LogP contribution in [0.5, 0.6) is 0 Å². The standard InChI is InChI=1S/C29H41F2N5O5/c1-19(2)15-35(21-14-20(18-37)16-34(17-21)28(39)41-29(3,4)5)27(38)25-24(12-7-8-13-40-6)36(33-32-25)26-22(30)10-9-11-23(26)31/h9-11,18-21H,7-8,12-17H2,1-6H3/t20-,21+/m1/s1. The molecule has 1 aliphatic rings. The second-order valence-corrected chi connectivity index (χ2v) is 11.8. The Labute approximate surface area is 240 Å². The van der Waals surface area contributed by atoms with Crippen LogP contribution in [-0.2, 0) is 20.7 Å². The second-order valence-electron chi connectivity index (χ2n) is 11.8. The van der Waals surface area contributed by atoms with Gasteiger partial charge in [-0.3, -0.25) is 4.79 Å². The van der Waals surface area contributed by atoms with Crippen LogP contribution in [0.1, 0.15) is 70.1 Å². The normalized spacial score (nSPS) is 17.5. The molecule has 2 atom stereocenters. The number of piperidine rings is 1. The molecule has 0 N–H and O–H groups in total. The summed E-state index contributed by atoms with van der Waals surface area (Å²) in [4.78, 5) is 42.1. The number of aldehydes is 1. The first-order chi connectivity index (χ1) is 19.4. The van der Waals surface area contributed by atoms with Crippen molar-refractivity contribution in [3.05, 3.63) is 41.2 Å². The Morgan fingerprint density at radius 3 is 2.44 bits per heavy atom. The number of likely N-dealkylation sites (tertiary alicyclic amines) is 1. The third-order valence-corrected chi connectivity index (χ3v) is 6.70. The quantitative estimate of drug-likeness (QED) is 0.287. The third kappa shape index (κ3) is 8.31. The first-order valence-electron chi connectivity index (χ1n) is 14.0. The topological polar surface area (TPSA) is 107 Å². The lowest BCUT2D eigenvalue weighted by atomic mass is 9.93. The van der Waals surface area contributed by atoms with Gasteiger partial charge >= 0.3 is 6.09 Å². The fraction of sp³-hybridized carbons (Fsp3) is 0.621. The molecule has 12 heteroatoms. The zero-order chi connectivity index (χ0) is 30.3. The smallest absolute Gasteiger partial charge is 0.410 e. The number of halogens is 2. The SMILES string of the molecule is COCCCCc1c(C(=O)N(CC(C)C)[C@H]2C[C@@H](C=O)CN(C(=O)OC(C)(C)C)C2)nnn1-c1c(F)cccc1F. The van der Waals surface area contributed by atoms with Crippen molar-refractivity contribution in [3.63, 3.8) is 0 Å². The van der Waals surface area contributed by atoms with E-state index >= 15 is 0 Å². The molecule has 41 heavy (non-hydrogen) atoms. The van der Waals surface area contributed by atoms with Gasteiger partial charge in [-0.05, 0) is 64.5 Å². The first-order valence-corrected chi connectivity index (χ1v) is 14.0. The maximum Gasteiger partial charge on any atom is 0.410 e. The van der Waals surface area contributed by atoms with Gasteiger partial charge in [0.2, 0.25) is 0 Å². The van der Waals surface area contributed by atoms with Gasteiger partial charge in [0.15, 0.2) is 17.3 Å². The van der Waals surface area contributed by atoms with E-state index in [1.165, 1.54) is 11.0 Å². The van der Waals surface area contributed by atoms with Crippen LogP contribution in [0.4, 0.5) is 13.6 Å². The maximum absolute atomic E-state index is 14.8. The van der Waals surface area contributed by atoms with Crippen molar-refractivity contribution in [1.82, 2.24) is 24.8 Å². The molecule has 2 heterocycles. The van der Waals surface area contributed by atoms with Crippen molar-refractivity contribution in [2.24, 2.45) is 11.8 Å². The number of methoxy groups -OCH3 is 1. The molecule has 2 aromatic rings. The van der Waals surface area contributed by atoms with Crippen LogP contribution < -0.4 is 0 Å². The summed E-state index contributed by atoms with van der Waals surface area (Å²) in [6, 6.07) is 2.98. The minimum absolute atomic E-state index is 0.0252. The number of benzene rings is 1. The zero-order valence-electron chi connectivity index (χ0n) is 24.7. The van der Waals surface area contributed by atoms with Crippen molar-refractivity contribution >= 4 is 18.3 Å². The van der Waals surface area contributed by atoms with Crippen LogP contribution in [0.15, 0.2) is 18.2 Å². The molecule has 0 unspecified atom stereocenters. The molecule has 0 aliphatic carbocycles. The molecule has 1 aromatic heterocycles. The van der Waals surface area contributed by atoms with Crippen molar-refractivity contribution in [1.29, 1.82) is 0 Å². The van der Waals surface area contributed by atoms with Gasteiger partial charge in [0.25, 0.3) is 5.91 Å². The average molecular weight is 578 g/mol. The Kier molecular flexibility index (Phi) is 10.9. The molecule has 226 valence electrons. The van der Waals surface area contributed by atoms with Crippen LogP contribution in [0, 0.1) is 23.5 Å². The van der Waals surface area contributed by atoms with Gasteiger partial charge in [0.05, 0.1) is 11.7 Å². The number of unbranched alkanes of at least 4 members (excludes halogenated alkanes) is 1. The summed E-state index contributed by atoms with van der Waals surface area (Å²) in [7, 11) is 1.58. The number of rotatable bonds is 11. The fourth-order valence-electron chi connectivity index (χ4n) is 4.94. The number of nitrogens with zero attached hydrogens (tertiary/aromatic N) is 5. The van der Waals surface area contributed by atoms with E-state index in [2.05, 4.69) is 10.3 Å². The first kappa shape index (κ1) is 32.1. The number of hydrogen-bond acceptors (Lipinski definition) is 7.